The predicted molar refractivity (Wildman–Crippen MR) is 55.8 cm³/mol. The molecule has 1 saturated heterocycles. The monoisotopic (exact) mass is 248 g/mol. The molecule has 0 spiro atoms. The van der Waals surface area contributed by atoms with E-state index in [0.29, 0.717) is 13.0 Å². The van der Waals surface area contributed by atoms with Gasteiger partial charge in [-0.05, 0) is 19.4 Å². The summed E-state index contributed by atoms with van der Waals surface area (Å²) >= 11 is 0. The van der Waals surface area contributed by atoms with Crippen LogP contribution in [0.15, 0.2) is 6.07 Å². The molecule has 2 rings (SSSR count). The minimum absolute atomic E-state index is 0.203. The molecule has 1 aliphatic rings. The zero-order valence-electron chi connectivity index (χ0n) is 8.99. The molecule has 0 aliphatic carbocycles. The molecule has 1 aromatic carbocycles. The molecule has 17 heavy (non-hydrogen) atoms. The van der Waals surface area contributed by atoms with Crippen molar-refractivity contribution in [3.8, 4) is 0 Å². The average Bonchev–Trinajstić information content (AvgIpc) is 2.33. The zero-order valence-corrected chi connectivity index (χ0v) is 8.99. The number of anilines is 1. The SMILES string of the molecule is Fc1cc(F)c(F)c(NC2CCCNC2)c1F. The van der Waals surface area contributed by atoms with E-state index in [9.17, 15) is 17.6 Å². The topological polar surface area (TPSA) is 24.1 Å². The van der Waals surface area contributed by atoms with Gasteiger partial charge in [0, 0.05) is 18.7 Å². The standard InChI is InChI=1S/C11H12F4N2/c12-7-4-8(13)10(15)11(9(7)14)17-6-2-1-3-16-5-6/h4,6,16-17H,1-3,5H2. The molecule has 0 radical (unpaired) electrons. The number of nitrogens with one attached hydrogen (secondary N) is 2. The van der Waals surface area contributed by atoms with Gasteiger partial charge in [-0.2, -0.15) is 0 Å². The van der Waals surface area contributed by atoms with E-state index < -0.39 is 29.0 Å². The minimum Gasteiger partial charge on any atom is -0.376 e. The van der Waals surface area contributed by atoms with Gasteiger partial charge in [-0.15, -0.1) is 0 Å². The molecule has 1 atom stereocenters. The van der Waals surface area contributed by atoms with Crippen LogP contribution < -0.4 is 10.6 Å². The van der Waals surface area contributed by atoms with Gasteiger partial charge >= 0.3 is 0 Å². The van der Waals surface area contributed by atoms with E-state index in [0.717, 1.165) is 13.0 Å². The van der Waals surface area contributed by atoms with Crippen LogP contribution in [0.1, 0.15) is 12.8 Å². The van der Waals surface area contributed by atoms with Crippen LogP contribution in [0.4, 0.5) is 23.2 Å². The zero-order chi connectivity index (χ0) is 12.4. The fourth-order valence-electron chi connectivity index (χ4n) is 1.88. The Labute approximate surface area is 96.0 Å². The first-order valence-corrected chi connectivity index (χ1v) is 5.40. The predicted octanol–water partition coefficient (Wildman–Crippen LogP) is 2.41. The third-order valence-electron chi connectivity index (χ3n) is 2.76. The molecule has 1 aromatic rings. The Hall–Kier alpha value is -1.30. The van der Waals surface area contributed by atoms with Crippen LogP contribution in [0.2, 0.25) is 0 Å². The van der Waals surface area contributed by atoms with Gasteiger partial charge < -0.3 is 10.6 Å². The Morgan fingerprint density at radius 3 is 2.29 bits per heavy atom. The van der Waals surface area contributed by atoms with Crippen LogP contribution in [0, 0.1) is 23.3 Å². The lowest BCUT2D eigenvalue weighted by Crippen LogP contribution is -2.39. The molecule has 2 N–H and O–H groups in total. The van der Waals surface area contributed by atoms with Crippen molar-refractivity contribution in [2.75, 3.05) is 18.4 Å². The van der Waals surface area contributed by atoms with Crippen molar-refractivity contribution in [1.29, 1.82) is 0 Å². The third-order valence-corrected chi connectivity index (χ3v) is 2.76. The first kappa shape index (κ1) is 12.2. The van der Waals surface area contributed by atoms with E-state index in [1.165, 1.54) is 0 Å². The van der Waals surface area contributed by atoms with Gasteiger partial charge in [-0.25, -0.2) is 17.6 Å². The van der Waals surface area contributed by atoms with Crippen molar-refractivity contribution >= 4 is 5.69 Å². The number of halogens is 4. The Balaban J connectivity index is 2.24. The van der Waals surface area contributed by atoms with Crippen LogP contribution in [0.25, 0.3) is 0 Å². The summed E-state index contributed by atoms with van der Waals surface area (Å²) in [5.74, 6) is -5.55. The van der Waals surface area contributed by atoms with Crippen LogP contribution in [-0.2, 0) is 0 Å². The second kappa shape index (κ2) is 4.91. The highest BCUT2D eigenvalue weighted by Gasteiger charge is 2.22. The van der Waals surface area contributed by atoms with E-state index in [1.54, 1.807) is 0 Å². The molecule has 1 unspecified atom stereocenters. The van der Waals surface area contributed by atoms with E-state index >= 15 is 0 Å². The Kier molecular flexibility index (Phi) is 3.51. The lowest BCUT2D eigenvalue weighted by atomic mass is 10.1. The maximum atomic E-state index is 13.3. The van der Waals surface area contributed by atoms with Gasteiger partial charge in [0.15, 0.2) is 23.3 Å². The number of rotatable bonds is 2. The molecule has 6 heteroatoms. The van der Waals surface area contributed by atoms with Crippen molar-refractivity contribution in [3.05, 3.63) is 29.3 Å². The van der Waals surface area contributed by atoms with Crippen molar-refractivity contribution in [2.24, 2.45) is 0 Å². The second-order valence-electron chi connectivity index (χ2n) is 4.03. The number of benzene rings is 1. The molecule has 1 fully saturated rings. The maximum absolute atomic E-state index is 13.3. The van der Waals surface area contributed by atoms with Gasteiger partial charge in [-0.1, -0.05) is 0 Å². The average molecular weight is 248 g/mol. The lowest BCUT2D eigenvalue weighted by molar-refractivity contribution is 0.444. The summed E-state index contributed by atoms with van der Waals surface area (Å²) in [5.41, 5.74) is -0.726. The molecule has 94 valence electrons. The number of hydrogen-bond acceptors (Lipinski definition) is 2. The van der Waals surface area contributed by atoms with Crippen molar-refractivity contribution < 1.29 is 17.6 Å². The van der Waals surface area contributed by atoms with Gasteiger partial charge in [0.2, 0.25) is 0 Å². The molecular formula is C11H12F4N2. The van der Waals surface area contributed by atoms with E-state index in [4.69, 9.17) is 0 Å². The van der Waals surface area contributed by atoms with Gasteiger partial charge in [0.1, 0.15) is 5.69 Å². The Morgan fingerprint density at radius 1 is 1.12 bits per heavy atom. The maximum Gasteiger partial charge on any atom is 0.185 e. The fourth-order valence-corrected chi connectivity index (χ4v) is 1.88. The van der Waals surface area contributed by atoms with Crippen LogP contribution >= 0.6 is 0 Å². The summed E-state index contributed by atoms with van der Waals surface area (Å²) in [5, 5.41) is 5.53. The molecule has 0 amide bonds. The van der Waals surface area contributed by atoms with Gasteiger partial charge in [-0.3, -0.25) is 0 Å². The highest BCUT2D eigenvalue weighted by Crippen LogP contribution is 2.25. The molecule has 1 aliphatic heterocycles. The summed E-state index contributed by atoms with van der Waals surface area (Å²) in [7, 11) is 0. The van der Waals surface area contributed by atoms with Crippen molar-refractivity contribution in [1.82, 2.24) is 5.32 Å². The second-order valence-corrected chi connectivity index (χ2v) is 4.03. The highest BCUT2D eigenvalue weighted by molar-refractivity contribution is 5.48. The normalized spacial score (nSPS) is 20.4. The van der Waals surface area contributed by atoms with Crippen LogP contribution in [-0.4, -0.2) is 19.1 Å². The molecule has 2 nitrogen and oxygen atoms in total. The molecule has 0 saturated carbocycles. The quantitative estimate of drug-likeness (QED) is 0.620. The van der Waals surface area contributed by atoms with Gasteiger partial charge in [0.05, 0.1) is 0 Å². The Morgan fingerprint density at radius 2 is 1.76 bits per heavy atom. The lowest BCUT2D eigenvalue weighted by Gasteiger charge is -2.25. The van der Waals surface area contributed by atoms with Crippen LogP contribution in [0.5, 0.6) is 0 Å². The molecule has 1 heterocycles. The van der Waals surface area contributed by atoms with Crippen molar-refractivity contribution in [2.45, 2.75) is 18.9 Å². The molecular weight excluding hydrogens is 236 g/mol. The minimum atomic E-state index is -1.39. The van der Waals surface area contributed by atoms with E-state index in [1.807, 2.05) is 0 Å². The van der Waals surface area contributed by atoms with Gasteiger partial charge in [0.25, 0.3) is 0 Å². The van der Waals surface area contributed by atoms with E-state index in [2.05, 4.69) is 10.6 Å². The number of piperidine rings is 1. The number of hydrogen-bond donors (Lipinski definition) is 2. The molecule has 0 bridgehead atoms. The summed E-state index contributed by atoms with van der Waals surface area (Å²) in [4.78, 5) is 0. The van der Waals surface area contributed by atoms with Crippen LogP contribution in [0.3, 0.4) is 0 Å². The largest absolute Gasteiger partial charge is 0.376 e. The first-order valence-electron chi connectivity index (χ1n) is 5.40. The summed E-state index contributed by atoms with van der Waals surface area (Å²) in [6, 6.07) is -0.0245. The summed E-state index contributed by atoms with van der Waals surface area (Å²) in [6.07, 6.45) is 1.54. The highest BCUT2D eigenvalue weighted by atomic mass is 19.2. The fraction of sp³-hybridized carbons (Fsp3) is 0.455. The first-order chi connectivity index (χ1) is 8.09. The van der Waals surface area contributed by atoms with E-state index in [-0.39, 0.29) is 12.1 Å². The summed E-state index contributed by atoms with van der Waals surface area (Å²) in [6.45, 7) is 1.34. The molecule has 0 aromatic heterocycles. The third kappa shape index (κ3) is 2.52. The Bertz CT molecular complexity index is 390. The van der Waals surface area contributed by atoms with Crippen molar-refractivity contribution in [3.63, 3.8) is 0 Å². The summed E-state index contributed by atoms with van der Waals surface area (Å²) < 4.78 is 52.5. The smallest absolute Gasteiger partial charge is 0.185 e.